The molecule has 18 heavy (non-hydrogen) atoms. The first kappa shape index (κ1) is 13.5. The molecule has 1 aromatic rings. The van der Waals surface area contributed by atoms with E-state index < -0.39 is 0 Å². The summed E-state index contributed by atoms with van der Waals surface area (Å²) in [6.07, 6.45) is 4.08. The van der Waals surface area contributed by atoms with Crippen LogP contribution in [0.15, 0.2) is 0 Å². The van der Waals surface area contributed by atoms with Gasteiger partial charge < -0.3 is 4.90 Å². The van der Waals surface area contributed by atoms with Gasteiger partial charge in [0.2, 0.25) is 5.95 Å². The molecule has 0 bridgehead atoms. The lowest BCUT2D eigenvalue weighted by Crippen LogP contribution is -2.35. The third kappa shape index (κ3) is 2.91. The number of aromatic nitrogens is 3. The van der Waals surface area contributed by atoms with E-state index in [9.17, 15) is 0 Å². The molecule has 0 spiro atoms. The van der Waals surface area contributed by atoms with Gasteiger partial charge in [0.05, 0.1) is 11.4 Å². The number of rotatable bonds is 4. The van der Waals surface area contributed by atoms with Gasteiger partial charge in [-0.3, -0.25) is 0 Å². The van der Waals surface area contributed by atoms with Crippen LogP contribution in [-0.2, 0) is 12.8 Å². The fourth-order valence-electron chi connectivity index (χ4n) is 2.35. The largest absolute Gasteiger partial charge is 0.340 e. The van der Waals surface area contributed by atoms with Crippen LogP contribution < -0.4 is 4.90 Å². The number of hydrogen-bond donors (Lipinski definition) is 0. The van der Waals surface area contributed by atoms with Crippen LogP contribution >= 0.6 is 11.6 Å². The van der Waals surface area contributed by atoms with Gasteiger partial charge in [0.25, 0.3) is 0 Å². The zero-order chi connectivity index (χ0) is 13.0. The molecule has 4 nitrogen and oxygen atoms in total. The molecule has 0 aliphatic carbocycles. The van der Waals surface area contributed by atoms with Crippen LogP contribution in [0, 0.1) is 5.92 Å². The molecule has 0 radical (unpaired) electrons. The van der Waals surface area contributed by atoms with Gasteiger partial charge in [0.15, 0.2) is 0 Å². The minimum absolute atomic E-state index is 0.649. The standard InChI is InChI=1S/C13H21ClN4/c1-3-11-12(4-2)16-17-13(15-11)18-7-5-10(9-14)6-8-18/h10H,3-9H2,1-2H3. The zero-order valence-electron chi connectivity index (χ0n) is 11.2. The molecule has 0 aromatic carbocycles. The maximum absolute atomic E-state index is 5.90. The van der Waals surface area contributed by atoms with E-state index in [2.05, 4.69) is 33.9 Å². The number of anilines is 1. The molecule has 1 aromatic heterocycles. The Balaban J connectivity index is 2.09. The molecular formula is C13H21ClN4. The third-order valence-electron chi connectivity index (χ3n) is 3.61. The highest BCUT2D eigenvalue weighted by Gasteiger charge is 2.21. The van der Waals surface area contributed by atoms with Crippen molar-refractivity contribution in [2.75, 3.05) is 23.9 Å². The maximum atomic E-state index is 5.90. The Morgan fingerprint density at radius 3 is 2.33 bits per heavy atom. The number of hydrogen-bond acceptors (Lipinski definition) is 4. The zero-order valence-corrected chi connectivity index (χ0v) is 11.9. The molecule has 0 saturated carbocycles. The van der Waals surface area contributed by atoms with Gasteiger partial charge in [-0.15, -0.1) is 16.7 Å². The van der Waals surface area contributed by atoms with Crippen molar-refractivity contribution in [3.8, 4) is 0 Å². The summed E-state index contributed by atoms with van der Waals surface area (Å²) < 4.78 is 0. The lowest BCUT2D eigenvalue weighted by atomic mass is 9.99. The highest BCUT2D eigenvalue weighted by molar-refractivity contribution is 6.18. The number of halogens is 1. The van der Waals surface area contributed by atoms with Crippen LogP contribution in [0.5, 0.6) is 0 Å². The molecule has 5 heteroatoms. The van der Waals surface area contributed by atoms with Crippen LogP contribution in [0.3, 0.4) is 0 Å². The lowest BCUT2D eigenvalue weighted by Gasteiger charge is -2.30. The Morgan fingerprint density at radius 2 is 1.78 bits per heavy atom. The average molecular weight is 269 g/mol. The summed E-state index contributed by atoms with van der Waals surface area (Å²) in [6.45, 7) is 6.20. The molecule has 1 aliphatic rings. The van der Waals surface area contributed by atoms with Gasteiger partial charge in [-0.2, -0.15) is 5.10 Å². The van der Waals surface area contributed by atoms with Crippen molar-refractivity contribution in [3.63, 3.8) is 0 Å². The Bertz CT molecular complexity index is 389. The first-order valence-electron chi connectivity index (χ1n) is 6.81. The predicted molar refractivity (Wildman–Crippen MR) is 74.2 cm³/mol. The smallest absolute Gasteiger partial charge is 0.245 e. The monoisotopic (exact) mass is 268 g/mol. The second-order valence-corrected chi connectivity index (χ2v) is 5.11. The van der Waals surface area contributed by atoms with Crippen molar-refractivity contribution in [3.05, 3.63) is 11.4 Å². The van der Waals surface area contributed by atoms with Crippen molar-refractivity contribution < 1.29 is 0 Å². The quantitative estimate of drug-likeness (QED) is 0.787. The lowest BCUT2D eigenvalue weighted by molar-refractivity contribution is 0.437. The van der Waals surface area contributed by atoms with E-state index >= 15 is 0 Å². The molecule has 0 amide bonds. The van der Waals surface area contributed by atoms with E-state index in [-0.39, 0.29) is 0 Å². The van der Waals surface area contributed by atoms with Crippen molar-refractivity contribution in [2.45, 2.75) is 39.5 Å². The van der Waals surface area contributed by atoms with E-state index in [4.69, 9.17) is 11.6 Å². The van der Waals surface area contributed by atoms with Crippen molar-refractivity contribution in [2.24, 2.45) is 5.92 Å². The maximum Gasteiger partial charge on any atom is 0.245 e. The molecule has 1 aliphatic heterocycles. The Kier molecular flexibility index (Phi) is 4.75. The molecule has 0 atom stereocenters. The van der Waals surface area contributed by atoms with Crippen LogP contribution in [0.1, 0.15) is 38.1 Å². The van der Waals surface area contributed by atoms with E-state index in [0.717, 1.165) is 62.0 Å². The minimum atomic E-state index is 0.649. The number of piperidine rings is 1. The summed E-state index contributed by atoms with van der Waals surface area (Å²) in [5, 5.41) is 8.57. The topological polar surface area (TPSA) is 41.9 Å². The second kappa shape index (κ2) is 6.32. The third-order valence-corrected chi connectivity index (χ3v) is 4.05. The first-order valence-corrected chi connectivity index (χ1v) is 7.35. The summed E-state index contributed by atoms with van der Waals surface area (Å²) in [5.74, 6) is 2.20. The van der Waals surface area contributed by atoms with Gasteiger partial charge in [0.1, 0.15) is 0 Å². The van der Waals surface area contributed by atoms with Crippen LogP contribution in [0.2, 0.25) is 0 Å². The summed E-state index contributed by atoms with van der Waals surface area (Å²) in [5.41, 5.74) is 2.11. The van der Waals surface area contributed by atoms with Crippen molar-refractivity contribution in [1.29, 1.82) is 0 Å². The molecule has 2 heterocycles. The van der Waals surface area contributed by atoms with Crippen molar-refractivity contribution in [1.82, 2.24) is 15.2 Å². The first-order chi connectivity index (χ1) is 8.78. The number of alkyl halides is 1. The van der Waals surface area contributed by atoms with E-state index in [1.165, 1.54) is 0 Å². The number of nitrogens with zero attached hydrogens (tertiary/aromatic N) is 4. The summed E-state index contributed by atoms with van der Waals surface area (Å²) >= 11 is 5.90. The highest BCUT2D eigenvalue weighted by atomic mass is 35.5. The fraction of sp³-hybridized carbons (Fsp3) is 0.769. The van der Waals surface area contributed by atoms with Gasteiger partial charge in [0, 0.05) is 19.0 Å². The Labute approximate surface area is 114 Å². The molecule has 2 rings (SSSR count). The van der Waals surface area contributed by atoms with Gasteiger partial charge in [-0.25, -0.2) is 4.98 Å². The van der Waals surface area contributed by atoms with E-state index in [1.54, 1.807) is 0 Å². The summed E-state index contributed by atoms with van der Waals surface area (Å²) in [7, 11) is 0. The Morgan fingerprint density at radius 1 is 1.11 bits per heavy atom. The molecule has 100 valence electrons. The van der Waals surface area contributed by atoms with Crippen LogP contribution in [0.4, 0.5) is 5.95 Å². The van der Waals surface area contributed by atoms with Crippen LogP contribution in [-0.4, -0.2) is 34.2 Å². The van der Waals surface area contributed by atoms with Gasteiger partial charge in [-0.1, -0.05) is 13.8 Å². The molecule has 1 saturated heterocycles. The van der Waals surface area contributed by atoms with Gasteiger partial charge >= 0.3 is 0 Å². The second-order valence-electron chi connectivity index (χ2n) is 4.80. The summed E-state index contributed by atoms with van der Waals surface area (Å²) in [4.78, 5) is 6.89. The van der Waals surface area contributed by atoms with E-state index in [1.807, 2.05) is 0 Å². The average Bonchev–Trinajstić information content (AvgIpc) is 2.46. The normalized spacial score (nSPS) is 17.2. The summed E-state index contributed by atoms with van der Waals surface area (Å²) in [6, 6.07) is 0. The number of aryl methyl sites for hydroxylation is 2. The highest BCUT2D eigenvalue weighted by Crippen LogP contribution is 2.21. The fourth-order valence-corrected chi connectivity index (χ4v) is 2.66. The molecule has 0 N–H and O–H groups in total. The predicted octanol–water partition coefficient (Wildman–Crippen LogP) is 2.45. The van der Waals surface area contributed by atoms with Crippen LogP contribution in [0.25, 0.3) is 0 Å². The van der Waals surface area contributed by atoms with Crippen molar-refractivity contribution >= 4 is 17.5 Å². The molecule has 0 unspecified atom stereocenters. The van der Waals surface area contributed by atoms with E-state index in [0.29, 0.717) is 5.92 Å². The Hall–Kier alpha value is -0.900. The molecule has 1 fully saturated rings. The minimum Gasteiger partial charge on any atom is -0.340 e. The van der Waals surface area contributed by atoms with Gasteiger partial charge in [-0.05, 0) is 31.6 Å². The molecular weight excluding hydrogens is 248 g/mol. The SMILES string of the molecule is CCc1nnc(N2CCC(CCl)CC2)nc1CC.